The average Bonchev–Trinajstić information content (AvgIpc) is 2.40. The molecule has 1 aliphatic rings. The predicted molar refractivity (Wildman–Crippen MR) is 82.7 cm³/mol. The third-order valence-electron chi connectivity index (χ3n) is 3.17. The lowest BCUT2D eigenvalue weighted by molar-refractivity contribution is 0.340. The van der Waals surface area contributed by atoms with Gasteiger partial charge in [-0.2, -0.15) is 23.5 Å². The molecule has 3 atom stereocenters. The second-order valence-corrected chi connectivity index (χ2v) is 7.21. The lowest BCUT2D eigenvalue weighted by Gasteiger charge is -2.32. The van der Waals surface area contributed by atoms with Crippen LogP contribution in [0.1, 0.15) is 25.5 Å². The predicted octanol–water partition coefficient (Wildman–Crippen LogP) is 3.32. The van der Waals surface area contributed by atoms with E-state index in [0.717, 1.165) is 5.75 Å². The number of thioether (sulfide) groups is 2. The van der Waals surface area contributed by atoms with Gasteiger partial charge in [0.1, 0.15) is 5.75 Å². The van der Waals surface area contributed by atoms with E-state index in [1.807, 2.05) is 42.6 Å². The number of benzene rings is 1. The molecule has 0 bridgehead atoms. The van der Waals surface area contributed by atoms with E-state index in [1.54, 1.807) is 0 Å². The molecule has 4 heteroatoms. The highest BCUT2D eigenvalue weighted by molar-refractivity contribution is 8.07. The highest BCUT2D eigenvalue weighted by Gasteiger charge is 2.28. The first-order valence-electron chi connectivity index (χ1n) is 6.44. The quantitative estimate of drug-likeness (QED) is 0.919. The van der Waals surface area contributed by atoms with Crippen molar-refractivity contribution in [3.05, 3.63) is 29.8 Å². The van der Waals surface area contributed by atoms with Gasteiger partial charge in [0.15, 0.2) is 0 Å². The summed E-state index contributed by atoms with van der Waals surface area (Å²) in [4.78, 5) is 0. The summed E-state index contributed by atoms with van der Waals surface area (Å²) in [6.45, 7) is 4.99. The highest BCUT2D eigenvalue weighted by atomic mass is 32.2. The summed E-state index contributed by atoms with van der Waals surface area (Å²) < 4.78 is 5.46. The van der Waals surface area contributed by atoms with Crippen molar-refractivity contribution >= 4 is 23.5 Å². The Bertz CT molecular complexity index is 369. The number of nitrogens with two attached hydrogens (primary N) is 1. The van der Waals surface area contributed by atoms with Crippen LogP contribution in [-0.4, -0.2) is 28.6 Å². The zero-order valence-electron chi connectivity index (χ0n) is 11.0. The number of hydrogen-bond donors (Lipinski definition) is 1. The Kier molecular flexibility index (Phi) is 5.27. The summed E-state index contributed by atoms with van der Waals surface area (Å²) in [6.07, 6.45) is 0. The molecule has 0 radical (unpaired) electrons. The Labute approximate surface area is 118 Å². The standard InChI is InChI=1S/C14H21NOS2/c1-3-16-12-6-4-11(5-7-12)13(15)14-10(2)17-8-9-18-14/h4-7,10,13-14H,3,8-9,15H2,1-2H3. The first-order chi connectivity index (χ1) is 8.72. The van der Waals surface area contributed by atoms with Crippen LogP contribution in [-0.2, 0) is 0 Å². The van der Waals surface area contributed by atoms with Crippen molar-refractivity contribution in [3.8, 4) is 5.75 Å². The summed E-state index contributed by atoms with van der Waals surface area (Å²) in [5.74, 6) is 3.38. The third kappa shape index (κ3) is 3.37. The molecule has 1 aliphatic heterocycles. The van der Waals surface area contributed by atoms with E-state index in [-0.39, 0.29) is 6.04 Å². The van der Waals surface area contributed by atoms with Crippen molar-refractivity contribution in [1.82, 2.24) is 0 Å². The molecule has 1 aromatic carbocycles. The minimum atomic E-state index is 0.119. The van der Waals surface area contributed by atoms with E-state index < -0.39 is 0 Å². The van der Waals surface area contributed by atoms with Crippen LogP contribution in [0.4, 0.5) is 0 Å². The first-order valence-corrected chi connectivity index (χ1v) is 8.53. The Hall–Kier alpha value is -0.320. The molecule has 0 aromatic heterocycles. The Morgan fingerprint density at radius 1 is 1.28 bits per heavy atom. The van der Waals surface area contributed by atoms with Crippen molar-refractivity contribution < 1.29 is 4.74 Å². The SMILES string of the molecule is CCOc1ccc(C(N)C2SCCSC2C)cc1. The van der Waals surface area contributed by atoms with Gasteiger partial charge >= 0.3 is 0 Å². The van der Waals surface area contributed by atoms with Crippen molar-refractivity contribution in [2.75, 3.05) is 18.1 Å². The summed E-state index contributed by atoms with van der Waals surface area (Å²) in [7, 11) is 0. The number of rotatable bonds is 4. The Morgan fingerprint density at radius 3 is 2.56 bits per heavy atom. The van der Waals surface area contributed by atoms with Gasteiger partial charge in [-0.05, 0) is 24.6 Å². The second kappa shape index (κ2) is 6.73. The van der Waals surface area contributed by atoms with Crippen LogP contribution < -0.4 is 10.5 Å². The lowest BCUT2D eigenvalue weighted by Crippen LogP contribution is -2.34. The zero-order valence-corrected chi connectivity index (χ0v) is 12.6. The molecule has 0 saturated carbocycles. The average molecular weight is 283 g/mol. The molecule has 2 rings (SSSR count). The molecule has 0 spiro atoms. The summed E-state index contributed by atoms with van der Waals surface area (Å²) in [5.41, 5.74) is 7.62. The normalized spacial score (nSPS) is 25.7. The van der Waals surface area contributed by atoms with E-state index in [2.05, 4.69) is 19.1 Å². The molecule has 1 saturated heterocycles. The van der Waals surface area contributed by atoms with Crippen molar-refractivity contribution in [2.45, 2.75) is 30.4 Å². The van der Waals surface area contributed by atoms with Gasteiger partial charge in [0.25, 0.3) is 0 Å². The second-order valence-electron chi connectivity index (χ2n) is 4.44. The largest absolute Gasteiger partial charge is 0.494 e. The topological polar surface area (TPSA) is 35.2 Å². The van der Waals surface area contributed by atoms with Gasteiger partial charge in [0, 0.05) is 28.0 Å². The molecular weight excluding hydrogens is 262 g/mol. The molecule has 1 aromatic rings. The van der Waals surface area contributed by atoms with Crippen LogP contribution in [0, 0.1) is 0 Å². The minimum absolute atomic E-state index is 0.119. The van der Waals surface area contributed by atoms with E-state index in [9.17, 15) is 0 Å². The van der Waals surface area contributed by atoms with Crippen LogP contribution >= 0.6 is 23.5 Å². The van der Waals surface area contributed by atoms with Gasteiger partial charge in [-0.15, -0.1) is 0 Å². The Balaban J connectivity index is 2.05. The minimum Gasteiger partial charge on any atom is -0.494 e. The van der Waals surface area contributed by atoms with E-state index in [1.165, 1.54) is 17.1 Å². The smallest absolute Gasteiger partial charge is 0.119 e. The first kappa shape index (κ1) is 14.1. The van der Waals surface area contributed by atoms with Gasteiger partial charge < -0.3 is 10.5 Å². The molecule has 0 aliphatic carbocycles. The summed E-state index contributed by atoms with van der Waals surface area (Å²) in [5, 5.41) is 1.15. The molecule has 2 nitrogen and oxygen atoms in total. The fourth-order valence-electron chi connectivity index (χ4n) is 2.19. The van der Waals surface area contributed by atoms with Crippen molar-refractivity contribution in [2.24, 2.45) is 5.73 Å². The van der Waals surface area contributed by atoms with Crippen molar-refractivity contribution in [3.63, 3.8) is 0 Å². The molecular formula is C14H21NOS2. The maximum absolute atomic E-state index is 6.41. The third-order valence-corrected chi connectivity index (χ3v) is 6.38. The zero-order chi connectivity index (χ0) is 13.0. The van der Waals surface area contributed by atoms with Gasteiger partial charge in [0.2, 0.25) is 0 Å². The molecule has 18 heavy (non-hydrogen) atoms. The van der Waals surface area contributed by atoms with E-state index in [0.29, 0.717) is 17.1 Å². The fourth-order valence-corrected chi connectivity index (χ4v) is 5.07. The van der Waals surface area contributed by atoms with Crippen molar-refractivity contribution in [1.29, 1.82) is 0 Å². The van der Waals surface area contributed by atoms with Gasteiger partial charge in [0.05, 0.1) is 6.61 Å². The van der Waals surface area contributed by atoms with Crippen LogP contribution in [0.3, 0.4) is 0 Å². The highest BCUT2D eigenvalue weighted by Crippen LogP contribution is 2.37. The number of hydrogen-bond acceptors (Lipinski definition) is 4. The van der Waals surface area contributed by atoms with Crippen LogP contribution in [0.25, 0.3) is 0 Å². The monoisotopic (exact) mass is 283 g/mol. The van der Waals surface area contributed by atoms with Crippen LogP contribution in [0.5, 0.6) is 5.75 Å². The summed E-state index contributed by atoms with van der Waals surface area (Å²) >= 11 is 4.05. The summed E-state index contributed by atoms with van der Waals surface area (Å²) in [6, 6.07) is 8.35. The molecule has 100 valence electrons. The maximum atomic E-state index is 6.41. The van der Waals surface area contributed by atoms with Gasteiger partial charge in [-0.25, -0.2) is 0 Å². The van der Waals surface area contributed by atoms with E-state index in [4.69, 9.17) is 10.5 Å². The molecule has 2 N–H and O–H groups in total. The van der Waals surface area contributed by atoms with Crippen LogP contribution in [0.2, 0.25) is 0 Å². The Morgan fingerprint density at radius 2 is 1.94 bits per heavy atom. The maximum Gasteiger partial charge on any atom is 0.119 e. The molecule has 3 unspecified atom stereocenters. The molecule has 1 heterocycles. The van der Waals surface area contributed by atoms with Crippen LogP contribution in [0.15, 0.2) is 24.3 Å². The molecule has 1 fully saturated rings. The lowest BCUT2D eigenvalue weighted by atomic mass is 10.0. The fraction of sp³-hybridized carbons (Fsp3) is 0.571. The van der Waals surface area contributed by atoms with E-state index >= 15 is 0 Å². The molecule has 0 amide bonds. The van der Waals surface area contributed by atoms with Gasteiger partial charge in [-0.3, -0.25) is 0 Å². The van der Waals surface area contributed by atoms with Gasteiger partial charge in [-0.1, -0.05) is 19.1 Å². The number of ether oxygens (including phenoxy) is 1.